The van der Waals surface area contributed by atoms with Gasteiger partial charge in [0.15, 0.2) is 22.8 Å². The highest BCUT2D eigenvalue weighted by molar-refractivity contribution is 5.93. The molecule has 8 heteroatoms. The van der Waals surface area contributed by atoms with Crippen molar-refractivity contribution in [3.05, 3.63) is 70.5 Å². The van der Waals surface area contributed by atoms with Crippen molar-refractivity contribution in [3.8, 4) is 11.7 Å². The van der Waals surface area contributed by atoms with Gasteiger partial charge < -0.3 is 18.3 Å². The fourth-order valence-electron chi connectivity index (χ4n) is 3.42. The third-order valence-electron chi connectivity index (χ3n) is 4.86. The number of amides is 1. The molecule has 1 aliphatic heterocycles. The van der Waals surface area contributed by atoms with Crippen molar-refractivity contribution < 1.29 is 18.2 Å². The Labute approximate surface area is 158 Å². The van der Waals surface area contributed by atoms with Crippen LogP contribution in [0.25, 0.3) is 22.6 Å². The average Bonchev–Trinajstić information content (AvgIpc) is 3.48. The van der Waals surface area contributed by atoms with Gasteiger partial charge in [0.05, 0.1) is 11.6 Å². The van der Waals surface area contributed by atoms with Gasteiger partial charge in [0.1, 0.15) is 5.58 Å². The third-order valence-corrected chi connectivity index (χ3v) is 4.86. The second kappa shape index (κ2) is 6.49. The normalized spacial score (nSPS) is 16.7. The number of rotatable bonds is 3. The van der Waals surface area contributed by atoms with Crippen LogP contribution >= 0.6 is 0 Å². The summed E-state index contributed by atoms with van der Waals surface area (Å²) in [5.41, 5.74) is 0.164. The lowest BCUT2D eigenvalue weighted by molar-refractivity contribution is 0.0759. The maximum Gasteiger partial charge on any atom is 0.293 e. The molecule has 1 aliphatic rings. The molecule has 5 rings (SSSR count). The number of hydrogen-bond acceptors (Lipinski definition) is 7. The number of hydrogen-bond donors (Lipinski definition) is 0. The summed E-state index contributed by atoms with van der Waals surface area (Å²) >= 11 is 0. The number of furan rings is 1. The molecule has 1 atom stereocenters. The van der Waals surface area contributed by atoms with Gasteiger partial charge >= 0.3 is 0 Å². The Hall–Kier alpha value is -3.68. The first-order chi connectivity index (χ1) is 13.7. The van der Waals surface area contributed by atoms with Crippen molar-refractivity contribution in [2.45, 2.75) is 12.3 Å². The number of fused-ring (bicyclic) bond motifs is 1. The number of para-hydroxylation sites is 1. The third kappa shape index (κ3) is 2.79. The van der Waals surface area contributed by atoms with Crippen molar-refractivity contribution in [2.75, 3.05) is 13.1 Å². The zero-order valence-corrected chi connectivity index (χ0v) is 14.7. The summed E-state index contributed by atoms with van der Waals surface area (Å²) in [7, 11) is 0. The molecule has 0 saturated carbocycles. The SMILES string of the molecule is O=C(c1cc(=O)c2ccccc2o1)N1CC[C@H](c2noc(-c3ccco3)n2)C1. The van der Waals surface area contributed by atoms with Gasteiger partial charge in [-0.05, 0) is 30.7 Å². The summed E-state index contributed by atoms with van der Waals surface area (Å²) in [5, 5.41) is 4.47. The Morgan fingerprint density at radius 2 is 2.07 bits per heavy atom. The molecule has 0 aliphatic carbocycles. The van der Waals surface area contributed by atoms with E-state index >= 15 is 0 Å². The molecule has 0 radical (unpaired) electrons. The summed E-state index contributed by atoms with van der Waals surface area (Å²) in [5.74, 6) is 1.01. The van der Waals surface area contributed by atoms with E-state index in [1.54, 1.807) is 41.3 Å². The van der Waals surface area contributed by atoms with Gasteiger partial charge in [-0.25, -0.2) is 0 Å². The van der Waals surface area contributed by atoms with E-state index in [0.717, 1.165) is 0 Å². The fourth-order valence-corrected chi connectivity index (χ4v) is 3.42. The predicted molar refractivity (Wildman–Crippen MR) is 97.7 cm³/mol. The first-order valence-electron chi connectivity index (χ1n) is 8.89. The van der Waals surface area contributed by atoms with Crippen LogP contribution in [0.1, 0.15) is 28.7 Å². The predicted octanol–water partition coefficient (Wildman–Crippen LogP) is 3.07. The van der Waals surface area contributed by atoms with Gasteiger partial charge in [-0.1, -0.05) is 17.3 Å². The van der Waals surface area contributed by atoms with Gasteiger partial charge in [-0.3, -0.25) is 9.59 Å². The number of carbonyl (C=O) groups excluding carboxylic acids is 1. The smallest absolute Gasteiger partial charge is 0.293 e. The highest BCUT2D eigenvalue weighted by Crippen LogP contribution is 2.28. The Morgan fingerprint density at radius 1 is 1.18 bits per heavy atom. The second-order valence-electron chi connectivity index (χ2n) is 6.64. The molecule has 1 saturated heterocycles. The number of likely N-dealkylation sites (tertiary alicyclic amines) is 1. The molecule has 0 bridgehead atoms. The molecule has 4 aromatic rings. The van der Waals surface area contributed by atoms with Crippen LogP contribution < -0.4 is 5.43 Å². The highest BCUT2D eigenvalue weighted by atomic mass is 16.5. The Bertz CT molecular complexity index is 1210. The Balaban J connectivity index is 1.36. The van der Waals surface area contributed by atoms with Crippen LogP contribution in [0.15, 0.2) is 66.9 Å². The molecule has 3 aromatic heterocycles. The molecule has 28 heavy (non-hydrogen) atoms. The van der Waals surface area contributed by atoms with E-state index < -0.39 is 0 Å². The van der Waals surface area contributed by atoms with Crippen molar-refractivity contribution >= 4 is 16.9 Å². The maximum absolute atomic E-state index is 12.8. The van der Waals surface area contributed by atoms with E-state index in [1.807, 2.05) is 0 Å². The van der Waals surface area contributed by atoms with E-state index in [-0.39, 0.29) is 23.0 Å². The monoisotopic (exact) mass is 377 g/mol. The van der Waals surface area contributed by atoms with Gasteiger partial charge in [0.25, 0.3) is 11.8 Å². The zero-order valence-electron chi connectivity index (χ0n) is 14.7. The molecule has 4 heterocycles. The molecule has 1 fully saturated rings. The van der Waals surface area contributed by atoms with Gasteiger partial charge in [0, 0.05) is 25.1 Å². The van der Waals surface area contributed by atoms with Crippen molar-refractivity contribution in [3.63, 3.8) is 0 Å². The minimum absolute atomic E-state index is 0.0359. The van der Waals surface area contributed by atoms with Crippen LogP contribution in [-0.2, 0) is 0 Å². The first kappa shape index (κ1) is 16.5. The molecule has 8 nitrogen and oxygen atoms in total. The second-order valence-corrected chi connectivity index (χ2v) is 6.64. The molecule has 1 amide bonds. The average molecular weight is 377 g/mol. The van der Waals surface area contributed by atoms with Crippen molar-refractivity contribution in [1.82, 2.24) is 15.0 Å². The van der Waals surface area contributed by atoms with Crippen molar-refractivity contribution in [2.24, 2.45) is 0 Å². The number of nitrogens with zero attached hydrogens (tertiary/aromatic N) is 3. The summed E-state index contributed by atoms with van der Waals surface area (Å²) in [4.78, 5) is 31.1. The lowest BCUT2D eigenvalue weighted by Crippen LogP contribution is -2.29. The van der Waals surface area contributed by atoms with E-state index in [0.29, 0.717) is 48.0 Å². The summed E-state index contributed by atoms with van der Waals surface area (Å²) in [6.07, 6.45) is 2.23. The molecule has 0 unspecified atom stereocenters. The van der Waals surface area contributed by atoms with Gasteiger partial charge in [-0.2, -0.15) is 4.98 Å². The molecule has 140 valence electrons. The van der Waals surface area contributed by atoms with Gasteiger partial charge in [-0.15, -0.1) is 0 Å². The molecule has 1 aromatic carbocycles. The quantitative estimate of drug-likeness (QED) is 0.540. The fraction of sp³-hybridized carbons (Fsp3) is 0.200. The highest BCUT2D eigenvalue weighted by Gasteiger charge is 2.32. The maximum atomic E-state index is 12.8. The Kier molecular flexibility index (Phi) is 3.82. The molecule has 0 spiro atoms. The lowest BCUT2D eigenvalue weighted by atomic mass is 10.1. The first-order valence-corrected chi connectivity index (χ1v) is 8.89. The van der Waals surface area contributed by atoms with E-state index in [9.17, 15) is 9.59 Å². The van der Waals surface area contributed by atoms with Crippen LogP contribution in [0.2, 0.25) is 0 Å². The molecular weight excluding hydrogens is 362 g/mol. The number of aromatic nitrogens is 2. The standard InChI is InChI=1S/C20H15N3O5/c24-14-10-17(27-15-5-2-1-4-13(14)15)20(25)23-8-7-12(11-23)18-21-19(28-22-18)16-6-3-9-26-16/h1-6,9-10,12H,7-8,11H2/t12-/m0/s1. The van der Waals surface area contributed by atoms with Crippen LogP contribution in [0.5, 0.6) is 0 Å². The largest absolute Gasteiger partial charge is 0.459 e. The van der Waals surface area contributed by atoms with Crippen LogP contribution in [-0.4, -0.2) is 34.0 Å². The van der Waals surface area contributed by atoms with E-state index in [4.69, 9.17) is 13.4 Å². The van der Waals surface area contributed by atoms with Crippen LogP contribution in [0, 0.1) is 0 Å². The summed E-state index contributed by atoms with van der Waals surface area (Å²) in [6.45, 7) is 0.942. The van der Waals surface area contributed by atoms with Crippen LogP contribution in [0.4, 0.5) is 0 Å². The minimum atomic E-state index is -0.319. The Morgan fingerprint density at radius 3 is 2.93 bits per heavy atom. The summed E-state index contributed by atoms with van der Waals surface area (Å²) < 4.78 is 16.2. The van der Waals surface area contributed by atoms with E-state index in [1.165, 1.54) is 12.3 Å². The summed E-state index contributed by atoms with van der Waals surface area (Å²) in [6, 6.07) is 11.6. The molecule has 0 N–H and O–H groups in total. The lowest BCUT2D eigenvalue weighted by Gasteiger charge is -2.15. The molecular formula is C20H15N3O5. The van der Waals surface area contributed by atoms with Gasteiger partial charge in [0.2, 0.25) is 0 Å². The van der Waals surface area contributed by atoms with Crippen molar-refractivity contribution in [1.29, 1.82) is 0 Å². The van der Waals surface area contributed by atoms with E-state index in [2.05, 4.69) is 10.1 Å². The number of benzene rings is 1. The van der Waals surface area contributed by atoms with Crippen LogP contribution in [0.3, 0.4) is 0 Å². The topological polar surface area (TPSA) is 103 Å². The minimum Gasteiger partial charge on any atom is -0.459 e. The number of carbonyl (C=O) groups is 1. The zero-order chi connectivity index (χ0) is 19.1.